The Bertz CT molecular complexity index is 1090. The minimum atomic E-state index is -0.650. The number of likely N-dealkylation sites (tertiary alicyclic amines) is 1. The van der Waals surface area contributed by atoms with Crippen LogP contribution in [0.3, 0.4) is 0 Å². The third kappa shape index (κ3) is 4.86. The summed E-state index contributed by atoms with van der Waals surface area (Å²) in [6.45, 7) is 8.29. The van der Waals surface area contributed by atoms with E-state index in [-0.39, 0.29) is 11.3 Å². The zero-order chi connectivity index (χ0) is 24.2. The Morgan fingerprint density at radius 3 is 2.41 bits per heavy atom. The first-order valence-corrected chi connectivity index (χ1v) is 11.7. The fourth-order valence-corrected chi connectivity index (χ4v) is 4.68. The number of hydrogen-bond donors (Lipinski definition) is 1. The third-order valence-corrected chi connectivity index (χ3v) is 6.58. The Kier molecular flexibility index (Phi) is 7.34. The van der Waals surface area contributed by atoms with Gasteiger partial charge < -0.3 is 19.5 Å². The highest BCUT2D eigenvalue weighted by atomic mass is 16.5. The number of hydrogen-bond acceptors (Lipinski definition) is 6. The van der Waals surface area contributed by atoms with E-state index < -0.39 is 17.7 Å². The second-order valence-corrected chi connectivity index (χ2v) is 8.90. The fraction of sp³-hybridized carbons (Fsp3) is 0.407. The Morgan fingerprint density at radius 2 is 1.76 bits per heavy atom. The van der Waals surface area contributed by atoms with Gasteiger partial charge in [0.2, 0.25) is 0 Å². The maximum Gasteiger partial charge on any atom is 0.295 e. The number of rotatable bonds is 7. The predicted octanol–water partition coefficient (Wildman–Crippen LogP) is 3.46. The molecule has 0 aromatic heterocycles. The number of Topliss-reactive ketones (excluding diaryl/α,β-unsaturated/α-hetero) is 1. The largest absolute Gasteiger partial charge is 0.507 e. The van der Waals surface area contributed by atoms with Gasteiger partial charge >= 0.3 is 0 Å². The summed E-state index contributed by atoms with van der Waals surface area (Å²) >= 11 is 0. The summed E-state index contributed by atoms with van der Waals surface area (Å²) in [7, 11) is 1.59. The van der Waals surface area contributed by atoms with Crippen LogP contribution < -0.4 is 4.74 Å². The van der Waals surface area contributed by atoms with Crippen molar-refractivity contribution in [1.82, 2.24) is 9.80 Å². The van der Waals surface area contributed by atoms with Gasteiger partial charge in [-0.25, -0.2) is 0 Å². The second kappa shape index (κ2) is 10.4. The Morgan fingerprint density at radius 1 is 1.06 bits per heavy atom. The lowest BCUT2D eigenvalue weighted by atomic mass is 9.94. The van der Waals surface area contributed by atoms with E-state index in [1.807, 2.05) is 38.1 Å². The molecule has 0 bridgehead atoms. The van der Waals surface area contributed by atoms with Crippen molar-refractivity contribution in [2.24, 2.45) is 0 Å². The minimum Gasteiger partial charge on any atom is -0.507 e. The van der Waals surface area contributed by atoms with Gasteiger partial charge in [0.15, 0.2) is 0 Å². The molecule has 2 aromatic carbocycles. The van der Waals surface area contributed by atoms with Crippen molar-refractivity contribution in [2.45, 2.75) is 26.3 Å². The number of carbonyl (C=O) groups is 2. The maximum atomic E-state index is 13.2. The number of aryl methyl sites for hydroxylation is 2. The van der Waals surface area contributed by atoms with E-state index in [0.29, 0.717) is 17.9 Å². The SMILES string of the molecule is COc1ccc(C(O)=C2C(=O)C(=O)N(CCCN3CCOCC3)C2c2ccc(C)cc2)cc1C. The first kappa shape index (κ1) is 24.0. The normalized spacial score (nSPS) is 20.7. The Hall–Kier alpha value is -3.16. The van der Waals surface area contributed by atoms with E-state index in [2.05, 4.69) is 4.90 Å². The van der Waals surface area contributed by atoms with E-state index in [0.717, 1.165) is 56.0 Å². The molecule has 1 unspecified atom stereocenters. The monoisotopic (exact) mass is 464 g/mol. The topological polar surface area (TPSA) is 79.3 Å². The van der Waals surface area contributed by atoms with Crippen LogP contribution in [0.2, 0.25) is 0 Å². The molecule has 1 N–H and O–H groups in total. The summed E-state index contributed by atoms with van der Waals surface area (Å²) < 4.78 is 10.7. The van der Waals surface area contributed by atoms with Gasteiger partial charge in [0.25, 0.3) is 11.7 Å². The van der Waals surface area contributed by atoms with E-state index >= 15 is 0 Å². The quantitative estimate of drug-likeness (QED) is 0.384. The number of aliphatic hydroxyl groups excluding tert-OH is 1. The van der Waals surface area contributed by atoms with Gasteiger partial charge in [-0.05, 0) is 49.6 Å². The van der Waals surface area contributed by atoms with Crippen LogP contribution in [0.5, 0.6) is 5.75 Å². The van der Waals surface area contributed by atoms with E-state index in [4.69, 9.17) is 9.47 Å². The van der Waals surface area contributed by atoms with E-state index in [1.54, 1.807) is 30.2 Å². The number of carbonyl (C=O) groups excluding carboxylic acids is 2. The second-order valence-electron chi connectivity index (χ2n) is 8.90. The lowest BCUT2D eigenvalue weighted by molar-refractivity contribution is -0.140. The van der Waals surface area contributed by atoms with Crippen molar-refractivity contribution < 1.29 is 24.2 Å². The van der Waals surface area contributed by atoms with Crippen molar-refractivity contribution >= 4 is 17.4 Å². The summed E-state index contributed by atoms with van der Waals surface area (Å²) in [4.78, 5) is 30.2. The van der Waals surface area contributed by atoms with Gasteiger partial charge in [0.05, 0.1) is 31.9 Å². The lowest BCUT2D eigenvalue weighted by Gasteiger charge is -2.29. The summed E-state index contributed by atoms with van der Waals surface area (Å²) in [5.41, 5.74) is 3.34. The minimum absolute atomic E-state index is 0.129. The predicted molar refractivity (Wildman–Crippen MR) is 130 cm³/mol. The van der Waals surface area contributed by atoms with Crippen LogP contribution >= 0.6 is 0 Å². The Labute approximate surface area is 200 Å². The molecule has 1 amide bonds. The molecule has 0 spiro atoms. The average molecular weight is 465 g/mol. The van der Waals surface area contributed by atoms with Crippen molar-refractivity contribution in [3.05, 3.63) is 70.3 Å². The fourth-order valence-electron chi connectivity index (χ4n) is 4.68. The molecule has 2 aliphatic heterocycles. The van der Waals surface area contributed by atoms with Gasteiger partial charge in [0, 0.05) is 31.7 Å². The zero-order valence-electron chi connectivity index (χ0n) is 20.0. The van der Waals surface area contributed by atoms with Gasteiger partial charge in [-0.3, -0.25) is 14.5 Å². The van der Waals surface area contributed by atoms with Crippen molar-refractivity contribution in [2.75, 3.05) is 46.5 Å². The number of ketones is 1. The van der Waals surface area contributed by atoms with Crippen LogP contribution in [0.1, 0.15) is 34.7 Å². The van der Waals surface area contributed by atoms with Gasteiger partial charge in [-0.15, -0.1) is 0 Å². The molecule has 1 atom stereocenters. The molecule has 4 rings (SSSR count). The van der Waals surface area contributed by atoms with Crippen LogP contribution in [-0.2, 0) is 14.3 Å². The molecule has 2 aromatic rings. The molecule has 2 fully saturated rings. The molecule has 7 heteroatoms. The molecule has 34 heavy (non-hydrogen) atoms. The summed E-state index contributed by atoms with van der Waals surface area (Å²) in [5.74, 6) is -0.692. The zero-order valence-corrected chi connectivity index (χ0v) is 20.0. The van der Waals surface area contributed by atoms with Gasteiger partial charge in [-0.1, -0.05) is 29.8 Å². The van der Waals surface area contributed by atoms with Gasteiger partial charge in [-0.2, -0.15) is 0 Å². The smallest absolute Gasteiger partial charge is 0.295 e. The lowest BCUT2D eigenvalue weighted by Crippen LogP contribution is -2.38. The molecular weight excluding hydrogens is 432 g/mol. The molecule has 0 radical (unpaired) electrons. The third-order valence-electron chi connectivity index (χ3n) is 6.58. The first-order chi connectivity index (χ1) is 16.4. The van der Waals surface area contributed by atoms with Gasteiger partial charge in [0.1, 0.15) is 11.5 Å². The van der Waals surface area contributed by atoms with Crippen LogP contribution in [0.4, 0.5) is 0 Å². The Balaban J connectivity index is 1.68. The molecule has 0 aliphatic carbocycles. The number of methoxy groups -OCH3 is 1. The molecule has 2 heterocycles. The number of amides is 1. The summed E-state index contributed by atoms with van der Waals surface area (Å²) in [6, 6.07) is 12.4. The molecular formula is C27H32N2O5. The van der Waals surface area contributed by atoms with Crippen LogP contribution in [0, 0.1) is 13.8 Å². The molecule has 0 saturated carbocycles. The van der Waals surface area contributed by atoms with Crippen LogP contribution in [0.15, 0.2) is 48.0 Å². The van der Waals surface area contributed by atoms with Crippen LogP contribution in [0.25, 0.3) is 5.76 Å². The number of morpholine rings is 1. The van der Waals surface area contributed by atoms with Crippen LogP contribution in [-0.4, -0.2) is 73.1 Å². The van der Waals surface area contributed by atoms with E-state index in [9.17, 15) is 14.7 Å². The number of benzene rings is 2. The van der Waals surface area contributed by atoms with Crippen molar-refractivity contribution in [3.63, 3.8) is 0 Å². The number of nitrogens with zero attached hydrogens (tertiary/aromatic N) is 2. The van der Waals surface area contributed by atoms with E-state index in [1.165, 1.54) is 0 Å². The highest BCUT2D eigenvalue weighted by Gasteiger charge is 2.45. The maximum absolute atomic E-state index is 13.2. The molecule has 7 nitrogen and oxygen atoms in total. The highest BCUT2D eigenvalue weighted by molar-refractivity contribution is 6.46. The number of ether oxygens (including phenoxy) is 2. The highest BCUT2D eigenvalue weighted by Crippen LogP contribution is 2.40. The molecule has 2 aliphatic rings. The standard InChI is InChI=1S/C27H32N2O5/c1-18-5-7-20(8-6-18)24-23(25(30)21-9-10-22(33-3)19(2)17-21)26(31)27(32)29(24)12-4-11-28-13-15-34-16-14-28/h5-10,17,24,30H,4,11-16H2,1-3H3. The number of aliphatic hydroxyl groups is 1. The summed E-state index contributed by atoms with van der Waals surface area (Å²) in [6.07, 6.45) is 0.733. The molecule has 180 valence electrons. The average Bonchev–Trinajstić information content (AvgIpc) is 3.09. The van der Waals surface area contributed by atoms with Crippen molar-refractivity contribution in [1.29, 1.82) is 0 Å². The first-order valence-electron chi connectivity index (χ1n) is 11.7. The summed E-state index contributed by atoms with van der Waals surface area (Å²) in [5, 5.41) is 11.2. The molecule has 2 saturated heterocycles. The van der Waals surface area contributed by atoms with Crippen molar-refractivity contribution in [3.8, 4) is 5.75 Å².